The number of carbonyl (C=O) groups is 1. The normalized spacial score (nSPS) is 11.6. The highest BCUT2D eigenvalue weighted by Crippen LogP contribution is 2.25. The van der Waals surface area contributed by atoms with Gasteiger partial charge in [-0.1, -0.05) is 6.92 Å². The van der Waals surface area contributed by atoms with Gasteiger partial charge in [0.15, 0.2) is 0 Å². The topological polar surface area (TPSA) is 86.8 Å². The van der Waals surface area contributed by atoms with Crippen molar-refractivity contribution in [3.8, 4) is 10.6 Å². The van der Waals surface area contributed by atoms with E-state index in [1.165, 1.54) is 16.2 Å². The molecule has 2 aromatic rings. The molecule has 1 amide bonds. The minimum atomic E-state index is -0.728. The maximum absolute atomic E-state index is 12.3. The van der Waals surface area contributed by atoms with Gasteiger partial charge in [-0.15, -0.1) is 11.3 Å². The predicted molar refractivity (Wildman–Crippen MR) is 79.1 cm³/mol. The first-order valence-electron chi connectivity index (χ1n) is 6.44. The highest BCUT2D eigenvalue weighted by Gasteiger charge is 2.27. The first-order chi connectivity index (χ1) is 9.99. The molecule has 6 nitrogen and oxygen atoms in total. The third-order valence-corrected chi connectivity index (χ3v) is 4.11. The molecule has 0 aliphatic heterocycles. The van der Waals surface area contributed by atoms with E-state index in [2.05, 4.69) is 4.98 Å². The van der Waals surface area contributed by atoms with Crippen LogP contribution in [0.4, 0.5) is 0 Å². The first kappa shape index (κ1) is 15.7. The Bertz CT molecular complexity index is 590. The van der Waals surface area contributed by atoms with E-state index in [-0.39, 0.29) is 25.7 Å². The zero-order valence-electron chi connectivity index (χ0n) is 11.9. The Balaban J connectivity index is 2.10. The molecule has 0 aromatic carbocycles. The van der Waals surface area contributed by atoms with Gasteiger partial charge < -0.3 is 19.5 Å². The number of aromatic nitrogens is 1. The lowest BCUT2D eigenvalue weighted by atomic mass is 9.92. The number of thiazole rings is 1. The zero-order chi connectivity index (χ0) is 15.5. The van der Waals surface area contributed by atoms with Gasteiger partial charge in [0.2, 0.25) is 0 Å². The molecule has 2 N–H and O–H groups in total. The molecule has 0 spiro atoms. The number of amides is 1. The molecule has 0 aliphatic carbocycles. The van der Waals surface area contributed by atoms with Crippen molar-refractivity contribution in [3.05, 3.63) is 29.7 Å². The molecule has 2 aromatic heterocycles. The number of carbonyl (C=O) groups excluding carboxylic acids is 1. The summed E-state index contributed by atoms with van der Waals surface area (Å²) in [6.07, 6.45) is 3.13. The van der Waals surface area contributed by atoms with Crippen molar-refractivity contribution in [3.63, 3.8) is 0 Å². The van der Waals surface area contributed by atoms with Crippen molar-refractivity contribution in [1.29, 1.82) is 0 Å². The summed E-state index contributed by atoms with van der Waals surface area (Å²) in [6, 6.07) is 1.78. The van der Waals surface area contributed by atoms with Crippen LogP contribution < -0.4 is 0 Å². The van der Waals surface area contributed by atoms with Gasteiger partial charge in [-0.25, -0.2) is 4.98 Å². The molecule has 0 atom stereocenters. The van der Waals surface area contributed by atoms with E-state index in [1.807, 2.05) is 0 Å². The summed E-state index contributed by atoms with van der Waals surface area (Å²) in [6.45, 7) is 1.57. The van der Waals surface area contributed by atoms with E-state index in [1.54, 1.807) is 37.9 Å². The summed E-state index contributed by atoms with van der Waals surface area (Å²) in [5.41, 5.74) is 0.447. The number of rotatable bonds is 6. The highest BCUT2D eigenvalue weighted by molar-refractivity contribution is 7.13. The number of furan rings is 1. The molecule has 0 radical (unpaired) electrons. The standard InChI is InChI=1S/C14H18N2O4S/c1-14(8-17,9-18)7-16(2)13(19)11-6-21-12(15-11)10-3-4-20-5-10/h3-6,17-18H,7-9H2,1-2H3. The Morgan fingerprint density at radius 1 is 1.48 bits per heavy atom. The van der Waals surface area contributed by atoms with Crippen LogP contribution in [0.2, 0.25) is 0 Å². The van der Waals surface area contributed by atoms with Crippen LogP contribution in [0.3, 0.4) is 0 Å². The lowest BCUT2D eigenvalue weighted by Gasteiger charge is -2.29. The van der Waals surface area contributed by atoms with Gasteiger partial charge in [0.25, 0.3) is 5.91 Å². The van der Waals surface area contributed by atoms with Crippen molar-refractivity contribution >= 4 is 17.2 Å². The lowest BCUT2D eigenvalue weighted by molar-refractivity contribution is 0.0364. The fourth-order valence-corrected chi connectivity index (χ4v) is 2.66. The third-order valence-electron chi connectivity index (χ3n) is 3.22. The average Bonchev–Trinajstić information content (AvgIpc) is 3.16. The van der Waals surface area contributed by atoms with Gasteiger partial charge in [-0.05, 0) is 6.07 Å². The first-order valence-corrected chi connectivity index (χ1v) is 7.32. The van der Waals surface area contributed by atoms with Crippen LogP contribution in [0.15, 0.2) is 28.4 Å². The Morgan fingerprint density at radius 3 is 2.76 bits per heavy atom. The summed E-state index contributed by atoms with van der Waals surface area (Å²) in [5.74, 6) is -0.242. The van der Waals surface area contributed by atoms with Crippen LogP contribution >= 0.6 is 11.3 Å². The Morgan fingerprint density at radius 2 is 2.19 bits per heavy atom. The number of aliphatic hydroxyl groups is 2. The molecule has 0 unspecified atom stereocenters. The molecular formula is C14H18N2O4S. The number of nitrogens with zero attached hydrogens (tertiary/aromatic N) is 2. The lowest BCUT2D eigenvalue weighted by Crippen LogP contribution is -2.41. The monoisotopic (exact) mass is 310 g/mol. The largest absolute Gasteiger partial charge is 0.472 e. The summed E-state index contributed by atoms with van der Waals surface area (Å²) < 4.78 is 5.00. The quantitative estimate of drug-likeness (QED) is 0.843. The zero-order valence-corrected chi connectivity index (χ0v) is 12.8. The molecule has 21 heavy (non-hydrogen) atoms. The van der Waals surface area contributed by atoms with Gasteiger partial charge in [0.1, 0.15) is 17.0 Å². The van der Waals surface area contributed by atoms with Crippen molar-refractivity contribution in [2.75, 3.05) is 26.8 Å². The molecular weight excluding hydrogens is 292 g/mol. The fraction of sp³-hybridized carbons (Fsp3) is 0.429. The highest BCUT2D eigenvalue weighted by atomic mass is 32.1. The van der Waals surface area contributed by atoms with E-state index in [9.17, 15) is 15.0 Å². The average molecular weight is 310 g/mol. The van der Waals surface area contributed by atoms with Crippen LogP contribution in [0, 0.1) is 5.41 Å². The van der Waals surface area contributed by atoms with Gasteiger partial charge in [0, 0.05) is 30.0 Å². The van der Waals surface area contributed by atoms with Gasteiger partial charge in [-0.3, -0.25) is 4.79 Å². The minimum Gasteiger partial charge on any atom is -0.472 e. The van der Waals surface area contributed by atoms with Crippen LogP contribution in [0.1, 0.15) is 17.4 Å². The van der Waals surface area contributed by atoms with Crippen LogP contribution in [-0.2, 0) is 0 Å². The predicted octanol–water partition coefficient (Wildman–Crippen LogP) is 1.47. The van der Waals surface area contributed by atoms with E-state index < -0.39 is 5.41 Å². The molecule has 0 saturated heterocycles. The molecule has 2 heterocycles. The van der Waals surface area contributed by atoms with E-state index in [0.717, 1.165) is 5.56 Å². The number of aliphatic hydroxyl groups excluding tert-OH is 2. The summed E-state index contributed by atoms with van der Waals surface area (Å²) in [5, 5.41) is 21.0. The van der Waals surface area contributed by atoms with Gasteiger partial charge in [0.05, 0.1) is 19.5 Å². The smallest absolute Gasteiger partial charge is 0.273 e. The molecule has 114 valence electrons. The molecule has 0 saturated carbocycles. The van der Waals surface area contributed by atoms with Crippen LogP contribution in [0.5, 0.6) is 0 Å². The number of hydrogen-bond acceptors (Lipinski definition) is 6. The molecule has 2 rings (SSSR count). The molecule has 0 fully saturated rings. The van der Waals surface area contributed by atoms with Crippen molar-refractivity contribution in [1.82, 2.24) is 9.88 Å². The maximum Gasteiger partial charge on any atom is 0.273 e. The van der Waals surface area contributed by atoms with E-state index in [4.69, 9.17) is 4.42 Å². The fourth-order valence-electron chi connectivity index (χ4n) is 1.88. The number of hydrogen-bond donors (Lipinski definition) is 2. The van der Waals surface area contributed by atoms with Crippen molar-refractivity contribution in [2.24, 2.45) is 5.41 Å². The second kappa shape index (κ2) is 6.38. The van der Waals surface area contributed by atoms with Gasteiger partial charge in [-0.2, -0.15) is 0 Å². The Kier molecular flexibility index (Phi) is 4.76. The summed E-state index contributed by atoms with van der Waals surface area (Å²) in [4.78, 5) is 18.1. The summed E-state index contributed by atoms with van der Waals surface area (Å²) in [7, 11) is 1.63. The Labute approximate surface area is 126 Å². The van der Waals surface area contributed by atoms with Gasteiger partial charge >= 0.3 is 0 Å². The van der Waals surface area contributed by atoms with Crippen LogP contribution in [0.25, 0.3) is 10.6 Å². The molecule has 7 heteroatoms. The molecule has 0 aliphatic rings. The second-order valence-corrected chi connectivity index (χ2v) is 6.20. The summed E-state index contributed by atoms with van der Waals surface area (Å²) >= 11 is 1.37. The van der Waals surface area contributed by atoms with E-state index in [0.29, 0.717) is 10.7 Å². The van der Waals surface area contributed by atoms with E-state index >= 15 is 0 Å². The van der Waals surface area contributed by atoms with Crippen molar-refractivity contribution in [2.45, 2.75) is 6.92 Å². The minimum absolute atomic E-state index is 0.196. The SMILES string of the molecule is CN(CC(C)(CO)CO)C(=O)c1csc(-c2ccoc2)n1. The van der Waals surface area contributed by atoms with Crippen molar-refractivity contribution < 1.29 is 19.4 Å². The van der Waals surface area contributed by atoms with Crippen LogP contribution in [-0.4, -0.2) is 52.8 Å². The molecule has 0 bridgehead atoms. The Hall–Kier alpha value is -1.70. The maximum atomic E-state index is 12.3. The third kappa shape index (κ3) is 3.49. The second-order valence-electron chi connectivity index (χ2n) is 5.34.